The molecule has 1 rings (SSSR count). The van der Waals surface area contributed by atoms with Crippen LogP contribution in [0.25, 0.3) is 0 Å². The maximum absolute atomic E-state index is 5.83. The lowest BCUT2D eigenvalue weighted by molar-refractivity contribution is 0.190. The van der Waals surface area contributed by atoms with Crippen LogP contribution in [0.3, 0.4) is 0 Å². The maximum Gasteiger partial charge on any atom is 0.188 e. The Morgan fingerprint density at radius 2 is 1.89 bits per heavy atom. The van der Waals surface area contributed by atoms with Gasteiger partial charge in [-0.3, -0.25) is 4.99 Å². The summed E-state index contributed by atoms with van der Waals surface area (Å²) in [5.74, 6) is 1.49. The second-order valence-electron chi connectivity index (χ2n) is 6.87. The normalized spacial score (nSPS) is 19.7. The summed E-state index contributed by atoms with van der Waals surface area (Å²) in [5.41, 5.74) is 5.83. The Hall–Kier alpha value is -0.770. The van der Waals surface area contributed by atoms with Crippen molar-refractivity contribution in [3.05, 3.63) is 0 Å². The largest absolute Gasteiger partial charge is 0.370 e. The molecule has 0 aliphatic carbocycles. The van der Waals surface area contributed by atoms with Gasteiger partial charge in [0.05, 0.1) is 0 Å². The molecular formula is C15H32N4. The van der Waals surface area contributed by atoms with Crippen LogP contribution in [0.5, 0.6) is 0 Å². The predicted octanol–water partition coefficient (Wildman–Crippen LogP) is 2.20. The number of hydrogen-bond acceptors (Lipinski definition) is 2. The number of aliphatic imine (C=N–C) groups is 1. The third kappa shape index (κ3) is 8.09. The lowest BCUT2D eigenvalue weighted by Gasteiger charge is -2.30. The molecule has 1 aliphatic heterocycles. The van der Waals surface area contributed by atoms with Crippen LogP contribution in [0.2, 0.25) is 0 Å². The molecule has 1 fully saturated rings. The van der Waals surface area contributed by atoms with Gasteiger partial charge < -0.3 is 16.0 Å². The summed E-state index contributed by atoms with van der Waals surface area (Å²) in [6, 6.07) is 0. The summed E-state index contributed by atoms with van der Waals surface area (Å²) in [6.45, 7) is 13.2. The summed E-state index contributed by atoms with van der Waals surface area (Å²) in [5, 5.41) is 3.18. The molecule has 0 aromatic rings. The number of rotatable bonds is 5. The number of guanidine groups is 1. The molecule has 0 aromatic heterocycles. The van der Waals surface area contributed by atoms with Crippen molar-refractivity contribution in [2.24, 2.45) is 16.6 Å². The second kappa shape index (κ2) is 7.73. The lowest BCUT2D eigenvalue weighted by atomic mass is 9.99. The molecule has 0 bridgehead atoms. The molecule has 1 heterocycles. The van der Waals surface area contributed by atoms with E-state index < -0.39 is 0 Å². The van der Waals surface area contributed by atoms with E-state index in [-0.39, 0.29) is 5.54 Å². The highest BCUT2D eigenvalue weighted by Gasteiger charge is 2.14. The predicted molar refractivity (Wildman–Crippen MR) is 83.5 cm³/mol. The fraction of sp³-hybridized carbons (Fsp3) is 0.933. The lowest BCUT2D eigenvalue weighted by Crippen LogP contribution is -2.45. The molecule has 112 valence electrons. The van der Waals surface area contributed by atoms with E-state index in [1.54, 1.807) is 0 Å². The molecule has 1 aliphatic rings. The van der Waals surface area contributed by atoms with E-state index in [1.165, 1.54) is 38.9 Å². The van der Waals surface area contributed by atoms with Gasteiger partial charge in [0, 0.05) is 12.1 Å². The Morgan fingerprint density at radius 1 is 1.26 bits per heavy atom. The molecule has 19 heavy (non-hydrogen) atoms. The van der Waals surface area contributed by atoms with E-state index in [9.17, 15) is 0 Å². The molecule has 0 spiro atoms. The monoisotopic (exact) mass is 268 g/mol. The summed E-state index contributed by atoms with van der Waals surface area (Å²) < 4.78 is 0. The van der Waals surface area contributed by atoms with Gasteiger partial charge >= 0.3 is 0 Å². The Labute approximate surface area is 118 Å². The average molecular weight is 268 g/mol. The standard InChI is InChI=1S/C15H32N4/c1-13-7-11-19(12-8-13)10-6-5-9-17-14(16)18-15(2,3)4/h13H,5-12H2,1-4H3,(H3,16,17,18). The number of piperidine rings is 1. The van der Waals surface area contributed by atoms with Crippen LogP contribution in [0.15, 0.2) is 4.99 Å². The van der Waals surface area contributed by atoms with E-state index in [2.05, 4.69) is 42.9 Å². The van der Waals surface area contributed by atoms with Gasteiger partial charge in [-0.2, -0.15) is 0 Å². The van der Waals surface area contributed by atoms with Gasteiger partial charge in [0.15, 0.2) is 5.96 Å². The minimum absolute atomic E-state index is 0.00191. The number of hydrogen-bond donors (Lipinski definition) is 2. The summed E-state index contributed by atoms with van der Waals surface area (Å²) in [7, 11) is 0. The van der Waals surface area contributed by atoms with E-state index >= 15 is 0 Å². The fourth-order valence-corrected chi connectivity index (χ4v) is 2.36. The fourth-order valence-electron chi connectivity index (χ4n) is 2.36. The Bertz CT molecular complexity index is 272. The van der Waals surface area contributed by atoms with E-state index in [1.807, 2.05) is 0 Å². The Balaban J connectivity index is 2.06. The highest BCUT2D eigenvalue weighted by Crippen LogP contribution is 2.16. The summed E-state index contributed by atoms with van der Waals surface area (Å²) in [4.78, 5) is 6.95. The number of likely N-dealkylation sites (tertiary alicyclic amines) is 1. The molecule has 1 saturated heterocycles. The van der Waals surface area contributed by atoms with Crippen molar-refractivity contribution < 1.29 is 0 Å². The van der Waals surface area contributed by atoms with Gasteiger partial charge in [0.25, 0.3) is 0 Å². The van der Waals surface area contributed by atoms with Crippen molar-refractivity contribution in [1.82, 2.24) is 10.2 Å². The first-order valence-corrected chi connectivity index (χ1v) is 7.67. The smallest absolute Gasteiger partial charge is 0.188 e. The van der Waals surface area contributed by atoms with Crippen molar-refractivity contribution >= 4 is 5.96 Å². The highest BCUT2D eigenvalue weighted by molar-refractivity contribution is 5.78. The molecule has 0 saturated carbocycles. The summed E-state index contributed by atoms with van der Waals surface area (Å²) in [6.07, 6.45) is 5.07. The van der Waals surface area contributed by atoms with Crippen LogP contribution in [-0.4, -0.2) is 42.6 Å². The Kier molecular flexibility index (Phi) is 6.63. The average Bonchev–Trinajstić information content (AvgIpc) is 2.29. The number of nitrogens with zero attached hydrogens (tertiary/aromatic N) is 2. The van der Waals surface area contributed by atoms with Crippen molar-refractivity contribution in [2.75, 3.05) is 26.2 Å². The van der Waals surface area contributed by atoms with Crippen molar-refractivity contribution in [1.29, 1.82) is 0 Å². The topological polar surface area (TPSA) is 53.6 Å². The molecule has 4 heteroatoms. The van der Waals surface area contributed by atoms with Crippen LogP contribution in [0.1, 0.15) is 53.4 Å². The third-order valence-electron chi connectivity index (χ3n) is 3.54. The maximum atomic E-state index is 5.83. The van der Waals surface area contributed by atoms with Crippen LogP contribution >= 0.6 is 0 Å². The van der Waals surface area contributed by atoms with Gasteiger partial charge in [0.1, 0.15) is 0 Å². The highest BCUT2D eigenvalue weighted by atomic mass is 15.1. The molecule has 3 N–H and O–H groups in total. The third-order valence-corrected chi connectivity index (χ3v) is 3.54. The first kappa shape index (κ1) is 16.3. The minimum Gasteiger partial charge on any atom is -0.370 e. The van der Waals surface area contributed by atoms with Gasteiger partial charge in [-0.05, 0) is 72.0 Å². The van der Waals surface area contributed by atoms with E-state index in [0.29, 0.717) is 5.96 Å². The molecular weight excluding hydrogens is 236 g/mol. The molecule has 0 atom stereocenters. The number of nitrogens with one attached hydrogen (secondary N) is 1. The number of unbranched alkanes of at least 4 members (excludes halogenated alkanes) is 1. The van der Waals surface area contributed by atoms with Gasteiger partial charge in [-0.15, -0.1) is 0 Å². The minimum atomic E-state index is -0.00191. The SMILES string of the molecule is CC1CCN(CCCCN=C(N)NC(C)(C)C)CC1. The van der Waals surface area contributed by atoms with Crippen LogP contribution in [0.4, 0.5) is 0 Å². The zero-order chi connectivity index (χ0) is 14.3. The Morgan fingerprint density at radius 3 is 2.47 bits per heavy atom. The van der Waals surface area contributed by atoms with Gasteiger partial charge in [-0.1, -0.05) is 6.92 Å². The van der Waals surface area contributed by atoms with Gasteiger partial charge in [-0.25, -0.2) is 0 Å². The first-order valence-electron chi connectivity index (χ1n) is 7.67. The quantitative estimate of drug-likeness (QED) is 0.456. The van der Waals surface area contributed by atoms with Crippen LogP contribution in [-0.2, 0) is 0 Å². The molecule has 0 aromatic carbocycles. The van der Waals surface area contributed by atoms with Gasteiger partial charge in [0.2, 0.25) is 0 Å². The van der Waals surface area contributed by atoms with Crippen LogP contribution in [0, 0.1) is 5.92 Å². The first-order chi connectivity index (χ1) is 8.87. The molecule has 4 nitrogen and oxygen atoms in total. The zero-order valence-corrected chi connectivity index (χ0v) is 13.2. The molecule has 0 amide bonds. The van der Waals surface area contributed by atoms with Crippen molar-refractivity contribution in [2.45, 2.75) is 58.9 Å². The van der Waals surface area contributed by atoms with Crippen molar-refractivity contribution in [3.8, 4) is 0 Å². The van der Waals surface area contributed by atoms with Crippen LogP contribution < -0.4 is 11.1 Å². The van der Waals surface area contributed by atoms with E-state index in [0.717, 1.165) is 18.9 Å². The summed E-state index contributed by atoms with van der Waals surface area (Å²) >= 11 is 0. The second-order valence-corrected chi connectivity index (χ2v) is 6.87. The molecule has 0 radical (unpaired) electrons. The number of nitrogens with two attached hydrogens (primary N) is 1. The van der Waals surface area contributed by atoms with E-state index in [4.69, 9.17) is 5.73 Å². The van der Waals surface area contributed by atoms with Crippen molar-refractivity contribution in [3.63, 3.8) is 0 Å². The zero-order valence-electron chi connectivity index (χ0n) is 13.2. The molecule has 0 unspecified atom stereocenters.